The number of piperazine rings is 1. The van der Waals surface area contributed by atoms with Gasteiger partial charge in [-0.15, -0.1) is 0 Å². The van der Waals surface area contributed by atoms with Crippen molar-refractivity contribution >= 4 is 26.0 Å². The number of benzene rings is 2. The topological polar surface area (TPSA) is 115 Å². The van der Waals surface area contributed by atoms with E-state index < -0.39 is 20.0 Å². The first-order chi connectivity index (χ1) is 14.4. The van der Waals surface area contributed by atoms with Gasteiger partial charge in [0, 0.05) is 45.8 Å². The Bertz CT molecular complexity index is 1180. The van der Waals surface area contributed by atoms with E-state index in [2.05, 4.69) is 0 Å². The molecule has 2 aromatic carbocycles. The van der Waals surface area contributed by atoms with Gasteiger partial charge >= 0.3 is 0 Å². The first-order valence-corrected chi connectivity index (χ1v) is 12.4. The van der Waals surface area contributed by atoms with Gasteiger partial charge in [-0.1, -0.05) is 6.07 Å². The number of nitrogens with zero attached hydrogens (tertiary/aromatic N) is 3. The highest BCUT2D eigenvalue weighted by molar-refractivity contribution is 7.89. The molecular weight excluding hydrogens is 442 g/mol. The zero-order valence-corrected chi connectivity index (χ0v) is 19.1. The van der Waals surface area contributed by atoms with Crippen LogP contribution < -0.4 is 0 Å². The van der Waals surface area contributed by atoms with E-state index in [9.17, 15) is 26.7 Å². The number of carbonyl (C=O) groups is 1. The fraction of sp³-hybridized carbons (Fsp3) is 0.350. The second-order valence-electron chi connectivity index (χ2n) is 7.48. The van der Waals surface area contributed by atoms with Crippen molar-refractivity contribution in [3.63, 3.8) is 0 Å². The van der Waals surface area contributed by atoms with Crippen LogP contribution in [-0.2, 0) is 20.0 Å². The molecule has 0 bridgehead atoms. The largest absolute Gasteiger partial charge is 0.507 e. The quantitative estimate of drug-likeness (QED) is 0.704. The molecule has 0 aliphatic carbocycles. The predicted molar refractivity (Wildman–Crippen MR) is 115 cm³/mol. The average molecular weight is 468 g/mol. The molecule has 168 valence electrons. The highest BCUT2D eigenvalue weighted by atomic mass is 32.2. The Morgan fingerprint density at radius 1 is 0.935 bits per heavy atom. The fourth-order valence-electron chi connectivity index (χ4n) is 3.26. The van der Waals surface area contributed by atoms with Gasteiger partial charge in [0.1, 0.15) is 10.6 Å². The maximum Gasteiger partial charge on any atom is 0.253 e. The normalized spacial score (nSPS) is 15.9. The Kier molecular flexibility index (Phi) is 6.42. The van der Waals surface area contributed by atoms with Gasteiger partial charge in [-0.2, -0.15) is 4.31 Å². The molecule has 3 rings (SSSR count). The van der Waals surface area contributed by atoms with Gasteiger partial charge in [-0.3, -0.25) is 4.79 Å². The van der Waals surface area contributed by atoms with Gasteiger partial charge in [0.15, 0.2) is 0 Å². The van der Waals surface area contributed by atoms with Crippen molar-refractivity contribution in [2.45, 2.75) is 16.7 Å². The monoisotopic (exact) mass is 467 g/mol. The summed E-state index contributed by atoms with van der Waals surface area (Å²) in [4.78, 5) is 14.2. The summed E-state index contributed by atoms with van der Waals surface area (Å²) in [6, 6.07) is 10.1. The van der Waals surface area contributed by atoms with Gasteiger partial charge in [0.2, 0.25) is 20.0 Å². The second kappa shape index (κ2) is 8.58. The van der Waals surface area contributed by atoms with E-state index >= 15 is 0 Å². The number of phenolic OH excluding ortho intramolecular Hbond substituents is 1. The number of aromatic hydroxyl groups is 1. The fourth-order valence-corrected chi connectivity index (χ4v) is 5.75. The molecule has 0 atom stereocenters. The van der Waals surface area contributed by atoms with Gasteiger partial charge in [0.05, 0.1) is 4.90 Å². The van der Waals surface area contributed by atoms with Gasteiger partial charge in [-0.25, -0.2) is 21.1 Å². The highest BCUT2D eigenvalue weighted by Crippen LogP contribution is 2.27. The van der Waals surface area contributed by atoms with Crippen LogP contribution in [0, 0.1) is 6.92 Å². The van der Waals surface area contributed by atoms with Crippen LogP contribution in [0.25, 0.3) is 0 Å². The molecule has 0 spiro atoms. The van der Waals surface area contributed by atoms with Crippen molar-refractivity contribution in [2.24, 2.45) is 0 Å². The van der Waals surface area contributed by atoms with Crippen LogP contribution in [0.5, 0.6) is 5.75 Å². The standard InChI is InChI=1S/C20H25N3O6S2/c1-15-4-9-18(24)19(14-15)31(28,29)23-12-10-22(11-13-23)20(25)16-5-7-17(8-6-16)30(26,27)21(2)3/h4-9,14,24H,10-13H2,1-3H3. The Morgan fingerprint density at radius 3 is 2.06 bits per heavy atom. The smallest absolute Gasteiger partial charge is 0.253 e. The summed E-state index contributed by atoms with van der Waals surface area (Å²) in [5, 5.41) is 9.99. The first-order valence-electron chi connectivity index (χ1n) is 9.56. The molecule has 0 aromatic heterocycles. The Hall–Kier alpha value is -2.47. The lowest BCUT2D eigenvalue weighted by atomic mass is 10.2. The van der Waals surface area contributed by atoms with E-state index in [0.29, 0.717) is 11.1 Å². The highest BCUT2D eigenvalue weighted by Gasteiger charge is 2.32. The van der Waals surface area contributed by atoms with Crippen molar-refractivity contribution in [3.8, 4) is 5.75 Å². The zero-order chi connectivity index (χ0) is 23.0. The number of hydrogen-bond acceptors (Lipinski definition) is 6. The summed E-state index contributed by atoms with van der Waals surface area (Å²) < 4.78 is 52.4. The minimum atomic E-state index is -3.89. The summed E-state index contributed by atoms with van der Waals surface area (Å²) in [6.45, 7) is 2.29. The average Bonchev–Trinajstić information content (AvgIpc) is 2.75. The molecule has 1 aliphatic rings. The Balaban J connectivity index is 1.71. The lowest BCUT2D eigenvalue weighted by Crippen LogP contribution is -2.50. The molecule has 0 saturated carbocycles. The van der Waals surface area contributed by atoms with E-state index in [-0.39, 0.29) is 47.6 Å². The van der Waals surface area contributed by atoms with Crippen molar-refractivity contribution in [1.82, 2.24) is 13.5 Å². The SMILES string of the molecule is Cc1ccc(O)c(S(=O)(=O)N2CCN(C(=O)c3ccc(S(=O)(=O)N(C)C)cc3)CC2)c1. The van der Waals surface area contributed by atoms with Crippen LogP contribution in [0.3, 0.4) is 0 Å². The lowest BCUT2D eigenvalue weighted by molar-refractivity contribution is 0.0697. The van der Waals surface area contributed by atoms with Crippen LogP contribution in [0.1, 0.15) is 15.9 Å². The zero-order valence-electron chi connectivity index (χ0n) is 17.5. The molecule has 2 aromatic rings. The molecule has 1 aliphatic heterocycles. The van der Waals surface area contributed by atoms with Crippen molar-refractivity contribution < 1.29 is 26.7 Å². The number of rotatable bonds is 5. The van der Waals surface area contributed by atoms with E-state index in [1.54, 1.807) is 13.0 Å². The van der Waals surface area contributed by atoms with Crippen LogP contribution in [-0.4, -0.2) is 81.6 Å². The van der Waals surface area contributed by atoms with E-state index in [0.717, 1.165) is 4.31 Å². The van der Waals surface area contributed by atoms with E-state index in [1.807, 2.05) is 0 Å². The van der Waals surface area contributed by atoms with Crippen LogP contribution in [0.4, 0.5) is 0 Å². The molecule has 1 saturated heterocycles. The van der Waals surface area contributed by atoms with Crippen molar-refractivity contribution in [1.29, 1.82) is 0 Å². The maximum atomic E-state index is 12.9. The molecule has 1 fully saturated rings. The number of carbonyl (C=O) groups excluding carboxylic acids is 1. The van der Waals surface area contributed by atoms with E-state index in [1.165, 1.54) is 59.7 Å². The number of hydrogen-bond donors (Lipinski definition) is 1. The second-order valence-corrected chi connectivity index (χ2v) is 11.5. The molecule has 31 heavy (non-hydrogen) atoms. The number of sulfonamides is 2. The van der Waals surface area contributed by atoms with Crippen molar-refractivity contribution in [2.75, 3.05) is 40.3 Å². The molecular formula is C20H25N3O6S2. The van der Waals surface area contributed by atoms with Gasteiger partial charge in [0.25, 0.3) is 5.91 Å². The van der Waals surface area contributed by atoms with Gasteiger partial charge < -0.3 is 10.0 Å². The molecule has 11 heteroatoms. The maximum absolute atomic E-state index is 12.9. The summed E-state index contributed by atoms with van der Waals surface area (Å²) in [5.41, 5.74) is 1.04. The van der Waals surface area contributed by atoms with Crippen LogP contribution in [0.2, 0.25) is 0 Å². The van der Waals surface area contributed by atoms with Crippen LogP contribution >= 0.6 is 0 Å². The molecule has 0 unspecified atom stereocenters. The Morgan fingerprint density at radius 2 is 1.52 bits per heavy atom. The lowest BCUT2D eigenvalue weighted by Gasteiger charge is -2.34. The third kappa shape index (κ3) is 4.59. The molecule has 9 nitrogen and oxygen atoms in total. The summed E-state index contributed by atoms with van der Waals surface area (Å²) >= 11 is 0. The van der Waals surface area contributed by atoms with Crippen molar-refractivity contribution in [3.05, 3.63) is 53.6 Å². The molecule has 1 heterocycles. The molecule has 0 radical (unpaired) electrons. The molecule has 1 N–H and O–H groups in total. The molecule has 1 amide bonds. The minimum Gasteiger partial charge on any atom is -0.507 e. The first kappa shape index (κ1) is 23.2. The minimum absolute atomic E-state index is 0.0860. The number of amides is 1. The van der Waals surface area contributed by atoms with Gasteiger partial charge in [-0.05, 0) is 48.9 Å². The van der Waals surface area contributed by atoms with E-state index in [4.69, 9.17) is 0 Å². The Labute approximate surface area is 182 Å². The number of aryl methyl sites for hydroxylation is 1. The third-order valence-electron chi connectivity index (χ3n) is 5.14. The summed E-state index contributed by atoms with van der Waals surface area (Å²) in [7, 11) is -4.61. The number of phenols is 1. The summed E-state index contributed by atoms with van der Waals surface area (Å²) in [6.07, 6.45) is 0. The third-order valence-corrected chi connectivity index (χ3v) is 8.90. The predicted octanol–water partition coefficient (Wildman–Crippen LogP) is 1.10. The summed E-state index contributed by atoms with van der Waals surface area (Å²) in [5.74, 6) is -0.610. The van der Waals surface area contributed by atoms with Crippen LogP contribution in [0.15, 0.2) is 52.3 Å².